The largest absolute Gasteiger partial charge is 0.353 e. The molecule has 4 N–H and O–H groups in total. The van der Waals surface area contributed by atoms with Gasteiger partial charge in [0.25, 0.3) is 0 Å². The Morgan fingerprint density at radius 3 is 1.11 bits per heavy atom. The van der Waals surface area contributed by atoms with Crippen LogP contribution in [0.5, 0.6) is 0 Å². The normalized spacial score (nSPS) is 9.11. The number of rotatable bonds is 2. The van der Waals surface area contributed by atoms with Gasteiger partial charge in [-0.2, -0.15) is 10.2 Å². The first kappa shape index (κ1) is 30.0. The average molecular weight is 487 g/mol. The first-order valence-corrected chi connectivity index (χ1v) is 13.0. The fraction of sp³-hybridized carbons (Fsp3) is 0.267. The van der Waals surface area contributed by atoms with E-state index in [9.17, 15) is 0 Å². The summed E-state index contributed by atoms with van der Waals surface area (Å²) < 4.78 is 0. The van der Waals surface area contributed by atoms with Crippen LogP contribution in [0.3, 0.4) is 0 Å². The quantitative estimate of drug-likeness (QED) is 0.196. The van der Waals surface area contributed by atoms with E-state index in [0.29, 0.717) is 0 Å². The molecule has 0 saturated heterocycles. The summed E-state index contributed by atoms with van der Waals surface area (Å²) in [5.41, 5.74) is 6.48. The Bertz CT molecular complexity index is 1140. The Balaban J connectivity index is 0.000000283. The highest BCUT2D eigenvalue weighted by molar-refractivity contribution is 5.85. The lowest BCUT2D eigenvalue weighted by Gasteiger charge is -1.88. The van der Waals surface area contributed by atoms with Crippen molar-refractivity contribution < 1.29 is 0 Å². The minimum absolute atomic E-state index is 1.02. The van der Waals surface area contributed by atoms with Gasteiger partial charge in [0.2, 0.25) is 0 Å². The van der Waals surface area contributed by atoms with Gasteiger partial charge < -0.3 is 9.97 Å². The maximum absolute atomic E-state index is 3.92. The molecule has 0 aliphatic carbocycles. The number of para-hydroxylation sites is 2. The van der Waals surface area contributed by atoms with E-state index >= 15 is 0 Å². The number of H-pyrrole nitrogens is 4. The molecular formula is C30H42N6. The van der Waals surface area contributed by atoms with Crippen molar-refractivity contribution in [2.75, 3.05) is 0 Å². The Hall–Kier alpha value is -4.06. The highest BCUT2D eigenvalue weighted by atomic mass is 15.1. The van der Waals surface area contributed by atoms with E-state index in [4.69, 9.17) is 0 Å². The molecule has 0 bridgehead atoms. The van der Waals surface area contributed by atoms with Crippen LogP contribution in [0.15, 0.2) is 85.2 Å². The Labute approximate surface area is 215 Å². The summed E-state index contributed by atoms with van der Waals surface area (Å²) >= 11 is 0. The lowest BCUT2D eigenvalue weighted by molar-refractivity contribution is 1.09. The van der Waals surface area contributed by atoms with E-state index in [1.807, 2.05) is 91.8 Å². The number of nitrogens with zero attached hydrogens (tertiary/aromatic N) is 2. The number of hydrogen-bond acceptors (Lipinski definition) is 2. The van der Waals surface area contributed by atoms with Crippen molar-refractivity contribution in [3.63, 3.8) is 0 Å². The molecule has 4 heterocycles. The second kappa shape index (κ2) is 17.4. The Morgan fingerprint density at radius 1 is 0.444 bits per heavy atom. The summed E-state index contributed by atoms with van der Waals surface area (Å²) in [6, 6.07) is 24.5. The van der Waals surface area contributed by atoms with Crippen LogP contribution in [0.1, 0.15) is 55.4 Å². The fourth-order valence-electron chi connectivity index (χ4n) is 3.25. The molecule has 0 saturated carbocycles. The molecule has 0 radical (unpaired) electrons. The second-order valence-corrected chi connectivity index (χ2v) is 6.48. The van der Waals surface area contributed by atoms with Gasteiger partial charge in [0.15, 0.2) is 0 Å². The average Bonchev–Trinajstić information content (AvgIpc) is 3.79. The van der Waals surface area contributed by atoms with E-state index in [1.165, 1.54) is 10.8 Å². The highest BCUT2D eigenvalue weighted by Gasteiger charge is 2.03. The molecule has 0 aliphatic heterocycles. The number of fused-ring (bicyclic) bond motifs is 2. The summed E-state index contributed by atoms with van der Waals surface area (Å²) in [5.74, 6) is 0. The number of hydrogen-bond donors (Lipinski definition) is 4. The van der Waals surface area contributed by atoms with Crippen LogP contribution < -0.4 is 0 Å². The first-order valence-electron chi connectivity index (χ1n) is 13.0. The van der Waals surface area contributed by atoms with Crippen molar-refractivity contribution in [3.8, 4) is 22.8 Å². The number of aromatic nitrogens is 6. The predicted molar refractivity (Wildman–Crippen MR) is 157 cm³/mol. The molecule has 0 atom stereocenters. The van der Waals surface area contributed by atoms with Crippen molar-refractivity contribution in [2.24, 2.45) is 0 Å². The first-order chi connectivity index (χ1) is 17.9. The third kappa shape index (κ3) is 8.01. The molecule has 0 amide bonds. The molecule has 192 valence electrons. The zero-order chi connectivity index (χ0) is 26.8. The van der Waals surface area contributed by atoms with E-state index in [0.717, 1.165) is 33.8 Å². The second-order valence-electron chi connectivity index (χ2n) is 6.48. The van der Waals surface area contributed by atoms with Gasteiger partial charge in [0, 0.05) is 34.2 Å². The van der Waals surface area contributed by atoms with Gasteiger partial charge in [-0.25, -0.2) is 0 Å². The number of benzene rings is 2. The van der Waals surface area contributed by atoms with Crippen LogP contribution in [-0.4, -0.2) is 30.4 Å². The lowest BCUT2D eigenvalue weighted by atomic mass is 10.2. The third-order valence-corrected chi connectivity index (χ3v) is 4.64. The molecule has 6 aromatic rings. The van der Waals surface area contributed by atoms with Crippen molar-refractivity contribution in [1.82, 2.24) is 30.4 Å². The summed E-state index contributed by atoms with van der Waals surface area (Å²) in [6.07, 6.45) is 3.50. The van der Waals surface area contributed by atoms with E-state index in [-0.39, 0.29) is 0 Å². The Morgan fingerprint density at radius 2 is 0.806 bits per heavy atom. The molecule has 4 aromatic heterocycles. The third-order valence-electron chi connectivity index (χ3n) is 4.64. The summed E-state index contributed by atoms with van der Waals surface area (Å²) in [6.45, 7) is 16.0. The minimum atomic E-state index is 1.02. The molecular weight excluding hydrogens is 444 g/mol. The van der Waals surface area contributed by atoms with Crippen molar-refractivity contribution in [1.29, 1.82) is 0 Å². The molecule has 2 aromatic carbocycles. The number of aromatic amines is 4. The summed E-state index contributed by atoms with van der Waals surface area (Å²) in [5, 5.41) is 16.2. The fourth-order valence-corrected chi connectivity index (χ4v) is 3.25. The highest BCUT2D eigenvalue weighted by Crippen LogP contribution is 2.22. The van der Waals surface area contributed by atoms with E-state index in [2.05, 4.69) is 66.8 Å². The SMILES string of the molecule is CC.CC.CC.CC.c1ccc2[nH]c(-c3ccn[nH]3)cc2c1.c1ccc2[nH]c(-c3ccn[nH]3)cc2c1. The van der Waals surface area contributed by atoms with E-state index < -0.39 is 0 Å². The van der Waals surface area contributed by atoms with Crippen LogP contribution in [0, 0.1) is 0 Å². The monoisotopic (exact) mass is 486 g/mol. The van der Waals surface area contributed by atoms with Gasteiger partial charge in [0.05, 0.1) is 22.8 Å². The molecule has 0 aliphatic rings. The predicted octanol–water partition coefficient (Wildman–Crippen LogP) is 9.22. The molecule has 6 nitrogen and oxygen atoms in total. The van der Waals surface area contributed by atoms with Crippen LogP contribution in [0.25, 0.3) is 44.6 Å². The van der Waals surface area contributed by atoms with Crippen molar-refractivity contribution in [2.45, 2.75) is 55.4 Å². The van der Waals surface area contributed by atoms with Crippen LogP contribution in [0.2, 0.25) is 0 Å². The van der Waals surface area contributed by atoms with Crippen molar-refractivity contribution in [3.05, 3.63) is 85.2 Å². The van der Waals surface area contributed by atoms with Gasteiger partial charge in [-0.3, -0.25) is 10.2 Å². The molecule has 0 spiro atoms. The van der Waals surface area contributed by atoms with Gasteiger partial charge >= 0.3 is 0 Å². The molecule has 6 rings (SSSR count). The molecule has 0 fully saturated rings. The van der Waals surface area contributed by atoms with Gasteiger partial charge in [0.1, 0.15) is 0 Å². The van der Waals surface area contributed by atoms with Crippen LogP contribution >= 0.6 is 0 Å². The molecule has 36 heavy (non-hydrogen) atoms. The zero-order valence-corrected chi connectivity index (χ0v) is 23.0. The zero-order valence-electron chi connectivity index (χ0n) is 23.0. The Kier molecular flexibility index (Phi) is 14.5. The van der Waals surface area contributed by atoms with Crippen LogP contribution in [-0.2, 0) is 0 Å². The van der Waals surface area contributed by atoms with Crippen LogP contribution in [0.4, 0.5) is 0 Å². The maximum Gasteiger partial charge on any atom is 0.0812 e. The molecule has 6 heteroatoms. The summed E-state index contributed by atoms with van der Waals surface area (Å²) in [7, 11) is 0. The van der Waals surface area contributed by atoms with E-state index in [1.54, 1.807) is 12.4 Å². The minimum Gasteiger partial charge on any atom is -0.353 e. The smallest absolute Gasteiger partial charge is 0.0812 e. The topological polar surface area (TPSA) is 88.9 Å². The van der Waals surface area contributed by atoms with Gasteiger partial charge in [-0.15, -0.1) is 0 Å². The van der Waals surface area contributed by atoms with Gasteiger partial charge in [-0.05, 0) is 36.4 Å². The standard InChI is InChI=1S/2C11H9N3.4C2H6/c2*1-2-4-9-8(3-1)7-11(13-9)10-5-6-12-14-10;4*1-2/h2*1-7,13H,(H,12,14);4*1-2H3. The lowest BCUT2D eigenvalue weighted by Crippen LogP contribution is -1.75. The van der Waals surface area contributed by atoms with Gasteiger partial charge in [-0.1, -0.05) is 91.8 Å². The molecule has 0 unspecified atom stereocenters. The van der Waals surface area contributed by atoms with Crippen molar-refractivity contribution >= 4 is 21.8 Å². The number of nitrogens with one attached hydrogen (secondary N) is 4. The summed E-state index contributed by atoms with van der Waals surface area (Å²) in [4.78, 5) is 6.65. The maximum atomic E-state index is 3.92.